The number of hydrogen-bond acceptors (Lipinski definition) is 4. The Morgan fingerprint density at radius 1 is 1.16 bits per heavy atom. The van der Waals surface area contributed by atoms with Crippen LogP contribution in [0.1, 0.15) is 24.4 Å². The third-order valence-corrected chi connectivity index (χ3v) is 5.00. The minimum absolute atomic E-state index is 0.149. The number of amides is 1. The smallest absolute Gasteiger partial charge is 0.295 e. The van der Waals surface area contributed by atoms with Gasteiger partial charge in [0.15, 0.2) is 10.9 Å². The van der Waals surface area contributed by atoms with Gasteiger partial charge in [-0.1, -0.05) is 55.5 Å². The van der Waals surface area contributed by atoms with Crippen molar-refractivity contribution in [2.24, 2.45) is 5.92 Å². The van der Waals surface area contributed by atoms with E-state index in [0.29, 0.717) is 23.4 Å². The molecule has 1 amide bonds. The molecule has 0 saturated heterocycles. The zero-order valence-electron chi connectivity index (χ0n) is 14.1. The maximum atomic E-state index is 13.1. The van der Waals surface area contributed by atoms with Crippen LogP contribution < -0.4 is 4.90 Å². The van der Waals surface area contributed by atoms with Gasteiger partial charge in [-0.3, -0.25) is 9.69 Å². The maximum absolute atomic E-state index is 13.1. The molecule has 0 N–H and O–H groups in total. The Labute approximate surface area is 149 Å². The van der Waals surface area contributed by atoms with Crippen molar-refractivity contribution in [3.8, 4) is 0 Å². The van der Waals surface area contributed by atoms with Gasteiger partial charge in [-0.25, -0.2) is 4.98 Å². The van der Waals surface area contributed by atoms with E-state index in [0.717, 1.165) is 21.2 Å². The summed E-state index contributed by atoms with van der Waals surface area (Å²) in [6.07, 6.45) is 0. The highest BCUT2D eigenvalue weighted by atomic mass is 32.1. The van der Waals surface area contributed by atoms with Crippen LogP contribution in [0.4, 0.5) is 5.13 Å². The molecule has 25 heavy (non-hydrogen) atoms. The molecule has 2 heterocycles. The van der Waals surface area contributed by atoms with Gasteiger partial charge in [-0.2, -0.15) is 0 Å². The van der Waals surface area contributed by atoms with E-state index >= 15 is 0 Å². The van der Waals surface area contributed by atoms with Crippen LogP contribution in [0.25, 0.3) is 21.2 Å². The molecule has 4 nitrogen and oxygen atoms in total. The first-order valence-electron chi connectivity index (χ1n) is 8.28. The van der Waals surface area contributed by atoms with E-state index in [2.05, 4.69) is 18.8 Å². The van der Waals surface area contributed by atoms with E-state index < -0.39 is 0 Å². The van der Waals surface area contributed by atoms with E-state index in [4.69, 9.17) is 4.42 Å². The van der Waals surface area contributed by atoms with Gasteiger partial charge < -0.3 is 4.42 Å². The molecule has 5 heteroatoms. The predicted octanol–water partition coefficient (Wildman–Crippen LogP) is 5.35. The van der Waals surface area contributed by atoms with Gasteiger partial charge >= 0.3 is 0 Å². The van der Waals surface area contributed by atoms with E-state index in [1.165, 1.54) is 11.3 Å². The Morgan fingerprint density at radius 2 is 1.92 bits per heavy atom. The lowest BCUT2D eigenvalue weighted by molar-refractivity contribution is 0.0959. The zero-order chi connectivity index (χ0) is 17.4. The van der Waals surface area contributed by atoms with E-state index in [-0.39, 0.29) is 5.91 Å². The van der Waals surface area contributed by atoms with Crippen molar-refractivity contribution in [1.82, 2.24) is 4.98 Å². The molecular weight excluding hydrogens is 332 g/mol. The third kappa shape index (κ3) is 3.03. The Bertz CT molecular complexity index is 982. The predicted molar refractivity (Wildman–Crippen MR) is 102 cm³/mol. The summed E-state index contributed by atoms with van der Waals surface area (Å²) < 4.78 is 6.85. The summed E-state index contributed by atoms with van der Waals surface area (Å²) in [4.78, 5) is 19.5. The molecule has 126 valence electrons. The molecule has 0 bridgehead atoms. The molecule has 0 spiro atoms. The normalized spacial score (nSPS) is 11.5. The molecule has 0 aliphatic rings. The highest BCUT2D eigenvalue weighted by molar-refractivity contribution is 7.22. The van der Waals surface area contributed by atoms with Gasteiger partial charge in [0.1, 0.15) is 5.58 Å². The van der Waals surface area contributed by atoms with Crippen LogP contribution in [-0.4, -0.2) is 17.4 Å². The SMILES string of the molecule is CC(C)CN(C(=O)c1cc2ccccc2o1)c1nc2ccccc2s1. The van der Waals surface area contributed by atoms with Crippen LogP contribution in [0.3, 0.4) is 0 Å². The van der Waals surface area contributed by atoms with Crippen molar-refractivity contribution in [2.75, 3.05) is 11.4 Å². The number of furan rings is 1. The quantitative estimate of drug-likeness (QED) is 0.499. The van der Waals surface area contributed by atoms with E-state index in [9.17, 15) is 4.79 Å². The molecule has 0 atom stereocenters. The summed E-state index contributed by atoms with van der Waals surface area (Å²) in [5.41, 5.74) is 1.63. The second-order valence-corrected chi connectivity index (χ2v) is 7.43. The molecule has 0 aliphatic heterocycles. The molecule has 2 aromatic heterocycles. The standard InChI is InChI=1S/C20H18N2O2S/c1-13(2)12-22(20-21-15-8-4-6-10-18(15)25-20)19(23)17-11-14-7-3-5-9-16(14)24-17/h3-11,13H,12H2,1-2H3. The number of rotatable bonds is 4. The van der Waals surface area contributed by atoms with Crippen molar-refractivity contribution in [3.05, 3.63) is 60.4 Å². The van der Waals surface area contributed by atoms with Gasteiger partial charge in [0.25, 0.3) is 5.91 Å². The molecule has 0 fully saturated rings. The number of aromatic nitrogens is 1. The molecule has 2 aromatic carbocycles. The molecule has 0 radical (unpaired) electrons. The number of nitrogens with zero attached hydrogens (tertiary/aromatic N) is 2. The number of thiazole rings is 1. The third-order valence-electron chi connectivity index (χ3n) is 3.94. The number of hydrogen-bond donors (Lipinski definition) is 0. The van der Waals surface area contributed by atoms with Crippen molar-refractivity contribution < 1.29 is 9.21 Å². The fraction of sp³-hybridized carbons (Fsp3) is 0.200. The first-order valence-corrected chi connectivity index (χ1v) is 9.09. The van der Waals surface area contributed by atoms with Crippen molar-refractivity contribution in [1.29, 1.82) is 0 Å². The summed E-state index contributed by atoms with van der Waals surface area (Å²) in [5.74, 6) is 0.519. The second-order valence-electron chi connectivity index (χ2n) is 6.42. The maximum Gasteiger partial charge on any atom is 0.295 e. The minimum atomic E-state index is -0.149. The lowest BCUT2D eigenvalue weighted by Crippen LogP contribution is -2.33. The molecule has 0 saturated carbocycles. The molecule has 0 aliphatic carbocycles. The molecule has 4 rings (SSSR count). The second kappa shape index (κ2) is 6.33. The zero-order valence-corrected chi connectivity index (χ0v) is 14.9. The summed E-state index contributed by atoms with van der Waals surface area (Å²) in [6, 6.07) is 17.4. The number of para-hydroxylation sites is 2. The highest BCUT2D eigenvalue weighted by Crippen LogP contribution is 2.31. The fourth-order valence-electron chi connectivity index (χ4n) is 2.81. The van der Waals surface area contributed by atoms with E-state index in [1.807, 2.05) is 48.5 Å². The molecule has 0 unspecified atom stereocenters. The summed E-state index contributed by atoms with van der Waals surface area (Å²) >= 11 is 1.53. The van der Waals surface area contributed by atoms with E-state index in [1.54, 1.807) is 11.0 Å². The summed E-state index contributed by atoms with van der Waals surface area (Å²) in [6.45, 7) is 4.77. The lowest BCUT2D eigenvalue weighted by atomic mass is 10.2. The lowest BCUT2D eigenvalue weighted by Gasteiger charge is -2.20. The van der Waals surface area contributed by atoms with Gasteiger partial charge in [0.2, 0.25) is 0 Å². The van der Waals surface area contributed by atoms with Crippen LogP contribution in [-0.2, 0) is 0 Å². The number of anilines is 1. The van der Waals surface area contributed by atoms with Gasteiger partial charge in [-0.05, 0) is 30.2 Å². The van der Waals surface area contributed by atoms with Crippen LogP contribution in [0, 0.1) is 5.92 Å². The number of carbonyl (C=O) groups excluding carboxylic acids is 1. The monoisotopic (exact) mass is 350 g/mol. The molecular formula is C20H18N2O2S. The van der Waals surface area contributed by atoms with Crippen LogP contribution >= 0.6 is 11.3 Å². The Hall–Kier alpha value is -2.66. The average Bonchev–Trinajstić information content (AvgIpc) is 3.22. The van der Waals surface area contributed by atoms with Gasteiger partial charge in [0.05, 0.1) is 10.2 Å². The number of carbonyl (C=O) groups is 1. The molecule has 4 aromatic rings. The summed E-state index contributed by atoms with van der Waals surface area (Å²) in [7, 11) is 0. The first kappa shape index (κ1) is 15.8. The van der Waals surface area contributed by atoms with Gasteiger partial charge in [-0.15, -0.1) is 0 Å². The topological polar surface area (TPSA) is 46.3 Å². The highest BCUT2D eigenvalue weighted by Gasteiger charge is 2.25. The number of benzene rings is 2. The fourth-order valence-corrected chi connectivity index (χ4v) is 3.78. The Morgan fingerprint density at radius 3 is 2.68 bits per heavy atom. The van der Waals surface area contributed by atoms with Crippen molar-refractivity contribution in [3.63, 3.8) is 0 Å². The Balaban J connectivity index is 1.76. The Kier molecular flexibility index (Phi) is 4.01. The van der Waals surface area contributed by atoms with Crippen LogP contribution in [0.5, 0.6) is 0 Å². The average molecular weight is 350 g/mol. The van der Waals surface area contributed by atoms with Gasteiger partial charge in [0, 0.05) is 11.9 Å². The first-order chi connectivity index (χ1) is 12.1. The van der Waals surface area contributed by atoms with Crippen molar-refractivity contribution >= 4 is 43.6 Å². The van der Waals surface area contributed by atoms with Crippen LogP contribution in [0.2, 0.25) is 0 Å². The largest absolute Gasteiger partial charge is 0.451 e. The minimum Gasteiger partial charge on any atom is -0.451 e. The van der Waals surface area contributed by atoms with Crippen molar-refractivity contribution in [2.45, 2.75) is 13.8 Å². The number of fused-ring (bicyclic) bond motifs is 2. The summed E-state index contributed by atoms with van der Waals surface area (Å²) in [5, 5.41) is 1.64. The van der Waals surface area contributed by atoms with Crippen LogP contribution in [0.15, 0.2) is 59.0 Å².